The minimum Gasteiger partial charge on any atom is -0.369 e. The molecule has 0 spiro atoms. The number of nitrogens with zero attached hydrogens (tertiary/aromatic N) is 2. The van der Waals surface area contributed by atoms with E-state index < -0.39 is 0 Å². The second kappa shape index (κ2) is 6.95. The van der Waals surface area contributed by atoms with Gasteiger partial charge in [0.15, 0.2) is 5.82 Å². The molecule has 3 nitrogen and oxygen atoms in total. The molecule has 0 atom stereocenters. The lowest BCUT2D eigenvalue weighted by Gasteiger charge is -2.14. The molecule has 1 heterocycles. The third-order valence-electron chi connectivity index (χ3n) is 2.95. The smallest absolute Gasteiger partial charge is 0.161 e. The molecule has 0 aliphatic carbocycles. The van der Waals surface area contributed by atoms with Crippen LogP contribution in [0.25, 0.3) is 11.4 Å². The van der Waals surface area contributed by atoms with Crippen molar-refractivity contribution in [1.29, 1.82) is 0 Å². The molecular weight excluding hydrogens is 373 g/mol. The number of rotatable bonds is 4. The summed E-state index contributed by atoms with van der Waals surface area (Å²) in [6.07, 6.45) is 0. The topological polar surface area (TPSA) is 37.8 Å². The molecule has 1 N–H and O–H groups in total. The highest BCUT2D eigenvalue weighted by Crippen LogP contribution is 2.33. The van der Waals surface area contributed by atoms with Gasteiger partial charge in [-0.1, -0.05) is 37.0 Å². The Morgan fingerprint density at radius 2 is 1.90 bits per heavy atom. The Hall–Kier alpha value is -0.840. The normalized spacial score (nSPS) is 11.0. The van der Waals surface area contributed by atoms with Crippen molar-refractivity contribution in [1.82, 2.24) is 9.97 Å². The Bertz CT molecular complexity index is 660. The molecular formula is C15H16BrCl2N3. The average molecular weight is 389 g/mol. The molecule has 112 valence electrons. The van der Waals surface area contributed by atoms with E-state index in [1.54, 1.807) is 12.1 Å². The Labute approximate surface area is 143 Å². The lowest BCUT2D eigenvalue weighted by atomic mass is 10.1. The van der Waals surface area contributed by atoms with Crippen molar-refractivity contribution in [3.8, 4) is 11.4 Å². The highest BCUT2D eigenvalue weighted by atomic mass is 79.9. The average Bonchev–Trinajstić information content (AvgIpc) is 2.44. The lowest BCUT2D eigenvalue weighted by Crippen LogP contribution is -2.07. The predicted molar refractivity (Wildman–Crippen MR) is 93.4 cm³/mol. The van der Waals surface area contributed by atoms with Gasteiger partial charge in [0.2, 0.25) is 0 Å². The van der Waals surface area contributed by atoms with Gasteiger partial charge in [0, 0.05) is 12.1 Å². The molecule has 2 rings (SSSR count). The van der Waals surface area contributed by atoms with Crippen LogP contribution >= 0.6 is 39.1 Å². The minimum atomic E-state index is 0.279. The van der Waals surface area contributed by atoms with Crippen LogP contribution in [0.3, 0.4) is 0 Å². The zero-order valence-corrected chi connectivity index (χ0v) is 15.1. The van der Waals surface area contributed by atoms with Gasteiger partial charge in [-0.05, 0) is 47.0 Å². The van der Waals surface area contributed by atoms with E-state index >= 15 is 0 Å². The number of anilines is 1. The molecule has 2 aromatic rings. The highest BCUT2D eigenvalue weighted by molar-refractivity contribution is 9.10. The van der Waals surface area contributed by atoms with E-state index in [-0.39, 0.29) is 5.92 Å². The fourth-order valence-electron chi connectivity index (χ4n) is 1.90. The summed E-state index contributed by atoms with van der Waals surface area (Å²) < 4.78 is 0.906. The van der Waals surface area contributed by atoms with E-state index in [0.29, 0.717) is 15.9 Å². The van der Waals surface area contributed by atoms with Crippen molar-refractivity contribution in [2.45, 2.75) is 26.7 Å². The first-order valence-corrected chi connectivity index (χ1v) is 8.25. The fourth-order valence-corrected chi connectivity index (χ4v) is 2.97. The Morgan fingerprint density at radius 3 is 2.48 bits per heavy atom. The predicted octanol–water partition coefficient (Wildman–Crippen LogP) is 5.77. The number of hydrogen-bond acceptors (Lipinski definition) is 3. The summed E-state index contributed by atoms with van der Waals surface area (Å²) >= 11 is 15.6. The van der Waals surface area contributed by atoms with Gasteiger partial charge in [-0.2, -0.15) is 0 Å². The second-order valence-electron chi connectivity index (χ2n) is 4.91. The van der Waals surface area contributed by atoms with Gasteiger partial charge in [0.05, 0.1) is 20.2 Å². The molecule has 21 heavy (non-hydrogen) atoms. The van der Waals surface area contributed by atoms with Crippen molar-refractivity contribution >= 4 is 44.9 Å². The number of aromatic nitrogens is 2. The van der Waals surface area contributed by atoms with E-state index in [2.05, 4.69) is 45.1 Å². The van der Waals surface area contributed by atoms with Gasteiger partial charge >= 0.3 is 0 Å². The molecule has 1 aromatic heterocycles. The van der Waals surface area contributed by atoms with Gasteiger partial charge in [-0.3, -0.25) is 0 Å². The number of hydrogen-bond donors (Lipinski definition) is 1. The maximum atomic E-state index is 6.09. The van der Waals surface area contributed by atoms with Gasteiger partial charge < -0.3 is 5.32 Å². The first-order chi connectivity index (χ1) is 9.93. The first-order valence-electron chi connectivity index (χ1n) is 6.70. The third kappa shape index (κ3) is 3.68. The largest absolute Gasteiger partial charge is 0.369 e. The van der Waals surface area contributed by atoms with Crippen molar-refractivity contribution < 1.29 is 0 Å². The van der Waals surface area contributed by atoms with E-state index in [0.717, 1.165) is 28.1 Å². The molecule has 0 fully saturated rings. The first kappa shape index (κ1) is 16.5. The SMILES string of the molecule is CCNc1nc(-c2ccc(Cl)c(Cl)c2)nc(C(C)C)c1Br. The van der Waals surface area contributed by atoms with Gasteiger partial charge in [0.1, 0.15) is 5.82 Å². The van der Waals surface area contributed by atoms with E-state index in [9.17, 15) is 0 Å². The molecule has 0 amide bonds. The standard InChI is InChI=1S/C15H16BrCl2N3/c1-4-19-15-12(16)13(8(2)3)20-14(21-15)9-5-6-10(17)11(18)7-9/h5-8H,4H2,1-3H3,(H,19,20,21). The van der Waals surface area contributed by atoms with Crippen LogP contribution in [0.5, 0.6) is 0 Å². The summed E-state index contributed by atoms with van der Waals surface area (Å²) in [7, 11) is 0. The summed E-state index contributed by atoms with van der Waals surface area (Å²) in [4.78, 5) is 9.23. The van der Waals surface area contributed by atoms with E-state index in [1.807, 2.05) is 13.0 Å². The molecule has 0 radical (unpaired) electrons. The second-order valence-corrected chi connectivity index (χ2v) is 6.52. The molecule has 0 aliphatic heterocycles. The summed E-state index contributed by atoms with van der Waals surface area (Å²) in [6.45, 7) is 7.01. The van der Waals surface area contributed by atoms with E-state index in [1.165, 1.54) is 0 Å². The zero-order chi connectivity index (χ0) is 15.6. The van der Waals surface area contributed by atoms with Gasteiger partial charge in [-0.15, -0.1) is 0 Å². The van der Waals surface area contributed by atoms with Crippen LogP contribution in [0.4, 0.5) is 5.82 Å². The molecule has 0 saturated carbocycles. The molecule has 0 aliphatic rings. The summed E-state index contributed by atoms with van der Waals surface area (Å²) in [5.41, 5.74) is 1.81. The fraction of sp³-hybridized carbons (Fsp3) is 0.333. The minimum absolute atomic E-state index is 0.279. The number of nitrogens with one attached hydrogen (secondary N) is 1. The summed E-state index contributed by atoms with van der Waals surface area (Å²) in [5.74, 6) is 1.70. The monoisotopic (exact) mass is 387 g/mol. The summed E-state index contributed by atoms with van der Waals surface area (Å²) in [6, 6.07) is 5.41. The summed E-state index contributed by atoms with van der Waals surface area (Å²) in [5, 5.41) is 4.27. The Morgan fingerprint density at radius 1 is 1.19 bits per heavy atom. The maximum Gasteiger partial charge on any atom is 0.161 e. The highest BCUT2D eigenvalue weighted by Gasteiger charge is 2.16. The quantitative estimate of drug-likeness (QED) is 0.722. The lowest BCUT2D eigenvalue weighted by molar-refractivity contribution is 0.809. The molecule has 6 heteroatoms. The molecule has 0 saturated heterocycles. The van der Waals surface area contributed by atoms with Crippen LogP contribution in [0.2, 0.25) is 10.0 Å². The van der Waals surface area contributed by atoms with Crippen LogP contribution in [0.1, 0.15) is 32.4 Å². The van der Waals surface area contributed by atoms with Crippen LogP contribution < -0.4 is 5.32 Å². The van der Waals surface area contributed by atoms with Crippen molar-refractivity contribution in [2.75, 3.05) is 11.9 Å². The molecule has 1 aromatic carbocycles. The van der Waals surface area contributed by atoms with Crippen LogP contribution in [-0.4, -0.2) is 16.5 Å². The zero-order valence-electron chi connectivity index (χ0n) is 12.0. The maximum absolute atomic E-state index is 6.09. The number of benzene rings is 1. The van der Waals surface area contributed by atoms with Crippen LogP contribution in [-0.2, 0) is 0 Å². The van der Waals surface area contributed by atoms with Crippen molar-refractivity contribution in [3.05, 3.63) is 38.4 Å². The Balaban J connectivity index is 2.59. The van der Waals surface area contributed by atoms with Crippen LogP contribution in [0.15, 0.2) is 22.7 Å². The van der Waals surface area contributed by atoms with E-state index in [4.69, 9.17) is 23.2 Å². The number of halogens is 3. The molecule has 0 unspecified atom stereocenters. The molecule has 0 bridgehead atoms. The van der Waals surface area contributed by atoms with Crippen molar-refractivity contribution in [3.63, 3.8) is 0 Å². The Kier molecular flexibility index (Phi) is 5.47. The van der Waals surface area contributed by atoms with Crippen LogP contribution in [0, 0.1) is 0 Å². The van der Waals surface area contributed by atoms with Gasteiger partial charge in [-0.25, -0.2) is 9.97 Å². The van der Waals surface area contributed by atoms with Crippen molar-refractivity contribution in [2.24, 2.45) is 0 Å². The third-order valence-corrected chi connectivity index (χ3v) is 4.47. The van der Waals surface area contributed by atoms with Gasteiger partial charge in [0.25, 0.3) is 0 Å².